The zero-order valence-corrected chi connectivity index (χ0v) is 10.6. The van der Waals surface area contributed by atoms with Crippen LogP contribution < -0.4 is 11.1 Å². The number of carbonyl (C=O) groups excluding carboxylic acids is 1. The molecule has 4 unspecified atom stereocenters. The molecule has 4 atom stereocenters. The summed E-state index contributed by atoms with van der Waals surface area (Å²) in [5, 5.41) is 3.14. The van der Waals surface area contributed by atoms with Gasteiger partial charge in [-0.25, -0.2) is 0 Å². The number of hydrogen-bond donors (Lipinski definition) is 2. The lowest BCUT2D eigenvalue weighted by atomic mass is 9.94. The van der Waals surface area contributed by atoms with E-state index in [1.54, 1.807) is 0 Å². The Labute approximate surface area is 102 Å². The molecule has 3 N–H and O–H groups in total. The second-order valence-electron chi connectivity index (χ2n) is 5.15. The molecule has 0 saturated heterocycles. The maximum Gasteiger partial charge on any atom is 0.230 e. The lowest BCUT2D eigenvalue weighted by Gasteiger charge is -2.25. The van der Waals surface area contributed by atoms with Crippen molar-refractivity contribution in [3.05, 3.63) is 0 Å². The smallest absolute Gasteiger partial charge is 0.230 e. The van der Waals surface area contributed by atoms with Crippen molar-refractivity contribution in [2.45, 2.75) is 45.1 Å². The Kier molecular flexibility index (Phi) is 3.47. The Morgan fingerprint density at radius 1 is 1.50 bits per heavy atom. The molecule has 0 radical (unpaired) electrons. The van der Waals surface area contributed by atoms with Crippen molar-refractivity contribution in [3.8, 4) is 0 Å². The highest BCUT2D eigenvalue weighted by molar-refractivity contribution is 7.80. The predicted octanol–water partition coefficient (Wildman–Crippen LogP) is 1.60. The van der Waals surface area contributed by atoms with E-state index in [9.17, 15) is 4.79 Å². The van der Waals surface area contributed by atoms with Gasteiger partial charge in [0.2, 0.25) is 5.91 Å². The number of nitrogens with one attached hydrogen (secondary N) is 1. The third kappa shape index (κ3) is 2.21. The molecule has 2 fully saturated rings. The fourth-order valence-electron chi connectivity index (χ4n) is 3.22. The predicted molar refractivity (Wildman–Crippen MR) is 67.9 cm³/mol. The van der Waals surface area contributed by atoms with Gasteiger partial charge in [0.25, 0.3) is 0 Å². The minimum Gasteiger partial charge on any atom is -0.393 e. The van der Waals surface area contributed by atoms with Gasteiger partial charge >= 0.3 is 0 Å². The van der Waals surface area contributed by atoms with Crippen LogP contribution in [0, 0.1) is 17.8 Å². The van der Waals surface area contributed by atoms with Gasteiger partial charge in [0, 0.05) is 6.04 Å². The SMILES string of the molecule is CCC(C(=O)NC1CC2CCC1C2)C(N)=S. The van der Waals surface area contributed by atoms with E-state index in [1.165, 1.54) is 19.3 Å². The van der Waals surface area contributed by atoms with Crippen molar-refractivity contribution in [2.75, 3.05) is 0 Å². The van der Waals surface area contributed by atoms with E-state index < -0.39 is 0 Å². The quantitative estimate of drug-likeness (QED) is 0.734. The average Bonchev–Trinajstić information content (AvgIpc) is 2.79. The zero-order chi connectivity index (χ0) is 11.7. The number of nitrogens with two attached hydrogens (primary N) is 1. The van der Waals surface area contributed by atoms with Crippen LogP contribution in [-0.4, -0.2) is 16.9 Å². The first-order valence-corrected chi connectivity index (χ1v) is 6.62. The van der Waals surface area contributed by atoms with Crippen LogP contribution in [0.2, 0.25) is 0 Å². The fraction of sp³-hybridized carbons (Fsp3) is 0.833. The zero-order valence-electron chi connectivity index (χ0n) is 9.74. The lowest BCUT2D eigenvalue weighted by molar-refractivity contribution is -0.124. The third-order valence-electron chi connectivity index (χ3n) is 4.13. The van der Waals surface area contributed by atoms with Crippen LogP contribution >= 0.6 is 12.2 Å². The van der Waals surface area contributed by atoms with Crippen LogP contribution in [0.3, 0.4) is 0 Å². The maximum absolute atomic E-state index is 12.0. The summed E-state index contributed by atoms with van der Waals surface area (Å²) in [5.74, 6) is 1.31. The van der Waals surface area contributed by atoms with Crippen LogP contribution in [-0.2, 0) is 4.79 Å². The van der Waals surface area contributed by atoms with Crippen molar-refractivity contribution in [2.24, 2.45) is 23.5 Å². The standard InChI is InChI=1S/C12H20N2OS/c1-2-9(11(13)16)12(15)14-10-6-7-3-4-8(10)5-7/h7-10H,2-6H2,1H3,(H2,13,16)(H,14,15). The van der Waals surface area contributed by atoms with E-state index >= 15 is 0 Å². The van der Waals surface area contributed by atoms with E-state index in [2.05, 4.69) is 5.32 Å². The van der Waals surface area contributed by atoms with Gasteiger partial charge in [0.05, 0.1) is 10.9 Å². The number of carbonyl (C=O) groups is 1. The Balaban J connectivity index is 1.89. The normalized spacial score (nSPS) is 33.7. The molecule has 2 aliphatic carbocycles. The van der Waals surface area contributed by atoms with Crippen molar-refractivity contribution >= 4 is 23.1 Å². The lowest BCUT2D eigenvalue weighted by Crippen LogP contribution is -2.44. The number of thiocarbonyl (C=S) groups is 1. The highest BCUT2D eigenvalue weighted by Crippen LogP contribution is 2.44. The Morgan fingerprint density at radius 2 is 2.25 bits per heavy atom. The molecule has 0 spiro atoms. The van der Waals surface area contributed by atoms with Gasteiger partial charge in [-0.15, -0.1) is 0 Å². The molecule has 0 heterocycles. The van der Waals surface area contributed by atoms with Gasteiger partial charge in [-0.05, 0) is 37.5 Å². The summed E-state index contributed by atoms with van der Waals surface area (Å²) >= 11 is 4.92. The van der Waals surface area contributed by atoms with Crippen molar-refractivity contribution < 1.29 is 4.79 Å². The average molecular weight is 240 g/mol. The van der Waals surface area contributed by atoms with Crippen LogP contribution in [0.1, 0.15) is 39.0 Å². The van der Waals surface area contributed by atoms with Crippen LogP contribution in [0.4, 0.5) is 0 Å². The summed E-state index contributed by atoms with van der Waals surface area (Å²) in [7, 11) is 0. The molecule has 4 heteroatoms. The molecule has 2 aliphatic rings. The van der Waals surface area contributed by atoms with Gasteiger partial charge < -0.3 is 11.1 Å². The van der Waals surface area contributed by atoms with E-state index in [0.29, 0.717) is 23.4 Å². The van der Waals surface area contributed by atoms with E-state index in [-0.39, 0.29) is 11.8 Å². The number of fused-ring (bicyclic) bond motifs is 2. The maximum atomic E-state index is 12.0. The number of hydrogen-bond acceptors (Lipinski definition) is 2. The summed E-state index contributed by atoms with van der Waals surface area (Å²) in [6, 6.07) is 0.384. The second-order valence-corrected chi connectivity index (χ2v) is 5.62. The summed E-state index contributed by atoms with van der Waals surface area (Å²) < 4.78 is 0. The Bertz CT molecular complexity index is 305. The Morgan fingerprint density at radius 3 is 2.69 bits per heavy atom. The Hall–Kier alpha value is -0.640. The number of rotatable bonds is 4. The van der Waals surface area contributed by atoms with Crippen LogP contribution in [0.25, 0.3) is 0 Å². The molecular weight excluding hydrogens is 220 g/mol. The second kappa shape index (κ2) is 4.70. The minimum atomic E-state index is -0.283. The highest BCUT2D eigenvalue weighted by atomic mass is 32.1. The van der Waals surface area contributed by atoms with Crippen LogP contribution in [0.15, 0.2) is 0 Å². The molecule has 2 rings (SSSR count). The first-order chi connectivity index (χ1) is 7.61. The van der Waals surface area contributed by atoms with E-state index in [1.807, 2.05) is 6.92 Å². The summed E-state index contributed by atoms with van der Waals surface area (Å²) in [6.45, 7) is 1.95. The molecule has 0 aromatic carbocycles. The molecule has 3 nitrogen and oxygen atoms in total. The largest absolute Gasteiger partial charge is 0.393 e. The van der Waals surface area contributed by atoms with Crippen LogP contribution in [0.5, 0.6) is 0 Å². The molecule has 90 valence electrons. The first-order valence-electron chi connectivity index (χ1n) is 6.21. The van der Waals surface area contributed by atoms with Crippen molar-refractivity contribution in [1.82, 2.24) is 5.32 Å². The highest BCUT2D eigenvalue weighted by Gasteiger charge is 2.40. The van der Waals surface area contributed by atoms with Gasteiger partial charge in [-0.3, -0.25) is 4.79 Å². The topological polar surface area (TPSA) is 55.1 Å². The molecular formula is C12H20N2OS. The van der Waals surface area contributed by atoms with E-state index in [4.69, 9.17) is 18.0 Å². The van der Waals surface area contributed by atoms with Gasteiger partial charge in [0.1, 0.15) is 0 Å². The van der Waals surface area contributed by atoms with Crippen molar-refractivity contribution in [3.63, 3.8) is 0 Å². The minimum absolute atomic E-state index is 0.0348. The van der Waals surface area contributed by atoms with Gasteiger partial charge in [-0.2, -0.15) is 0 Å². The first kappa shape index (κ1) is 11.8. The summed E-state index contributed by atoms with van der Waals surface area (Å²) in [6.07, 6.45) is 5.78. The van der Waals surface area contributed by atoms with Gasteiger partial charge in [0.15, 0.2) is 0 Å². The van der Waals surface area contributed by atoms with Crippen molar-refractivity contribution in [1.29, 1.82) is 0 Å². The molecule has 2 bridgehead atoms. The summed E-state index contributed by atoms with van der Waals surface area (Å²) in [5.41, 5.74) is 5.57. The molecule has 1 amide bonds. The molecule has 0 aromatic heterocycles. The fourth-order valence-corrected chi connectivity index (χ4v) is 3.49. The molecule has 2 saturated carbocycles. The molecule has 16 heavy (non-hydrogen) atoms. The molecule has 0 aromatic rings. The van der Waals surface area contributed by atoms with Gasteiger partial charge in [-0.1, -0.05) is 25.6 Å². The summed E-state index contributed by atoms with van der Waals surface area (Å²) in [4.78, 5) is 12.3. The van der Waals surface area contributed by atoms with E-state index in [0.717, 1.165) is 12.3 Å². The third-order valence-corrected chi connectivity index (χ3v) is 4.42. The monoisotopic (exact) mass is 240 g/mol. The number of amides is 1. The molecule has 0 aliphatic heterocycles.